The lowest BCUT2D eigenvalue weighted by atomic mass is 9.76. The first kappa shape index (κ1) is 8.74. The highest BCUT2D eigenvalue weighted by Crippen LogP contribution is 2.41. The Morgan fingerprint density at radius 2 is 2.38 bits per heavy atom. The SMILES string of the molecule is C=C(C)[C@H]1CCC2=CC(=O)CC2C1. The van der Waals surface area contributed by atoms with Gasteiger partial charge in [-0.25, -0.2) is 0 Å². The quantitative estimate of drug-likeness (QED) is 0.561. The molecule has 0 spiro atoms. The van der Waals surface area contributed by atoms with Gasteiger partial charge >= 0.3 is 0 Å². The fourth-order valence-electron chi connectivity index (χ4n) is 2.52. The van der Waals surface area contributed by atoms with Crippen LogP contribution in [0.2, 0.25) is 0 Å². The smallest absolute Gasteiger partial charge is 0.156 e. The Balaban J connectivity index is 2.08. The molecule has 0 amide bonds. The van der Waals surface area contributed by atoms with Crippen LogP contribution in [0, 0.1) is 11.8 Å². The number of hydrogen-bond donors (Lipinski definition) is 0. The van der Waals surface area contributed by atoms with Gasteiger partial charge in [-0.15, -0.1) is 0 Å². The summed E-state index contributed by atoms with van der Waals surface area (Å²) in [4.78, 5) is 11.2. The zero-order chi connectivity index (χ0) is 9.42. The Kier molecular flexibility index (Phi) is 2.10. The highest BCUT2D eigenvalue weighted by molar-refractivity contribution is 5.93. The molecular weight excluding hydrogens is 160 g/mol. The van der Waals surface area contributed by atoms with Crippen LogP contribution in [0.25, 0.3) is 0 Å². The van der Waals surface area contributed by atoms with Crippen LogP contribution in [0.1, 0.15) is 32.6 Å². The van der Waals surface area contributed by atoms with Crippen molar-refractivity contribution in [1.29, 1.82) is 0 Å². The number of ketones is 1. The third kappa shape index (κ3) is 1.60. The van der Waals surface area contributed by atoms with Crippen molar-refractivity contribution >= 4 is 5.78 Å². The first-order chi connectivity index (χ1) is 6.16. The van der Waals surface area contributed by atoms with Crippen LogP contribution in [-0.4, -0.2) is 5.78 Å². The lowest BCUT2D eigenvalue weighted by Gasteiger charge is -2.28. The zero-order valence-electron chi connectivity index (χ0n) is 8.18. The second-order valence-corrected chi connectivity index (χ2v) is 4.40. The Morgan fingerprint density at radius 1 is 1.62 bits per heavy atom. The van der Waals surface area contributed by atoms with Gasteiger partial charge in [0, 0.05) is 6.42 Å². The van der Waals surface area contributed by atoms with E-state index in [-0.39, 0.29) is 0 Å². The average Bonchev–Trinajstić information content (AvgIpc) is 2.42. The summed E-state index contributed by atoms with van der Waals surface area (Å²) in [5.74, 6) is 1.55. The Bertz CT molecular complexity index is 285. The number of carbonyl (C=O) groups is 1. The molecule has 1 nitrogen and oxygen atoms in total. The standard InChI is InChI=1S/C12H16O/c1-8(2)9-3-4-10-6-12(13)7-11(10)5-9/h6,9,11H,1,3-5,7H2,2H3/t9-,11?/m0/s1. The maximum absolute atomic E-state index is 11.2. The monoisotopic (exact) mass is 176 g/mol. The molecule has 0 heterocycles. The van der Waals surface area contributed by atoms with E-state index in [0.29, 0.717) is 17.6 Å². The summed E-state index contributed by atoms with van der Waals surface area (Å²) < 4.78 is 0. The van der Waals surface area contributed by atoms with Crippen molar-refractivity contribution in [2.45, 2.75) is 32.6 Å². The normalized spacial score (nSPS) is 32.7. The molecule has 0 saturated heterocycles. The molecule has 0 radical (unpaired) electrons. The summed E-state index contributed by atoms with van der Waals surface area (Å²) in [6, 6.07) is 0. The van der Waals surface area contributed by atoms with E-state index in [1.54, 1.807) is 0 Å². The third-order valence-electron chi connectivity index (χ3n) is 3.37. The highest BCUT2D eigenvalue weighted by Gasteiger charge is 2.31. The molecule has 0 aromatic carbocycles. The minimum Gasteiger partial charge on any atom is -0.295 e. The van der Waals surface area contributed by atoms with Gasteiger partial charge in [-0.05, 0) is 44.1 Å². The van der Waals surface area contributed by atoms with E-state index in [9.17, 15) is 4.79 Å². The van der Waals surface area contributed by atoms with E-state index >= 15 is 0 Å². The molecule has 2 rings (SSSR count). The maximum Gasteiger partial charge on any atom is 0.156 e. The molecule has 1 fully saturated rings. The molecule has 2 aliphatic carbocycles. The van der Waals surface area contributed by atoms with Crippen molar-refractivity contribution in [2.24, 2.45) is 11.8 Å². The summed E-state index contributed by atoms with van der Waals surface area (Å²) in [7, 11) is 0. The molecule has 2 atom stereocenters. The zero-order valence-corrected chi connectivity index (χ0v) is 8.18. The second kappa shape index (κ2) is 3.13. The van der Waals surface area contributed by atoms with Gasteiger partial charge in [0.05, 0.1) is 0 Å². The third-order valence-corrected chi connectivity index (χ3v) is 3.37. The number of carbonyl (C=O) groups excluding carboxylic acids is 1. The van der Waals surface area contributed by atoms with Crippen molar-refractivity contribution in [1.82, 2.24) is 0 Å². The van der Waals surface area contributed by atoms with Crippen LogP contribution >= 0.6 is 0 Å². The van der Waals surface area contributed by atoms with Crippen LogP contribution in [0.4, 0.5) is 0 Å². The largest absolute Gasteiger partial charge is 0.295 e. The molecule has 70 valence electrons. The molecule has 0 aromatic rings. The summed E-state index contributed by atoms with van der Waals surface area (Å²) in [6.07, 6.45) is 6.12. The van der Waals surface area contributed by atoms with Gasteiger partial charge in [0.25, 0.3) is 0 Å². The Labute approximate surface area is 79.5 Å². The molecule has 1 heteroatoms. The topological polar surface area (TPSA) is 17.1 Å². The summed E-state index contributed by atoms with van der Waals surface area (Å²) >= 11 is 0. The van der Waals surface area contributed by atoms with Crippen LogP contribution < -0.4 is 0 Å². The number of rotatable bonds is 1. The molecule has 1 unspecified atom stereocenters. The molecule has 2 aliphatic rings. The van der Waals surface area contributed by atoms with Gasteiger partial charge < -0.3 is 0 Å². The Hall–Kier alpha value is -0.850. The summed E-state index contributed by atoms with van der Waals surface area (Å²) in [5.41, 5.74) is 2.70. The fraction of sp³-hybridized carbons (Fsp3) is 0.583. The van der Waals surface area contributed by atoms with Gasteiger partial charge in [0.1, 0.15) is 0 Å². The lowest BCUT2D eigenvalue weighted by Crippen LogP contribution is -2.16. The molecule has 1 saturated carbocycles. The van der Waals surface area contributed by atoms with E-state index in [1.165, 1.54) is 17.6 Å². The minimum absolute atomic E-state index is 0.336. The van der Waals surface area contributed by atoms with Crippen molar-refractivity contribution in [2.75, 3.05) is 0 Å². The van der Waals surface area contributed by atoms with Gasteiger partial charge in [-0.2, -0.15) is 0 Å². The van der Waals surface area contributed by atoms with Gasteiger partial charge in [-0.1, -0.05) is 17.7 Å². The molecular formula is C12H16O. The maximum atomic E-state index is 11.2. The lowest BCUT2D eigenvalue weighted by molar-refractivity contribution is -0.114. The van der Waals surface area contributed by atoms with E-state index < -0.39 is 0 Å². The first-order valence-corrected chi connectivity index (χ1v) is 5.05. The molecule has 0 bridgehead atoms. The molecule has 0 aliphatic heterocycles. The van der Waals surface area contributed by atoms with E-state index in [4.69, 9.17) is 0 Å². The number of fused-ring (bicyclic) bond motifs is 1. The Morgan fingerprint density at radius 3 is 3.08 bits per heavy atom. The van der Waals surface area contributed by atoms with E-state index in [1.807, 2.05) is 6.08 Å². The second-order valence-electron chi connectivity index (χ2n) is 4.40. The predicted octanol–water partition coefficient (Wildman–Crippen LogP) is 2.88. The number of allylic oxidation sites excluding steroid dienone is 3. The molecule has 13 heavy (non-hydrogen) atoms. The van der Waals surface area contributed by atoms with Crippen LogP contribution in [0.15, 0.2) is 23.8 Å². The van der Waals surface area contributed by atoms with Crippen LogP contribution in [0.5, 0.6) is 0 Å². The molecule has 0 aromatic heterocycles. The summed E-state index contributed by atoms with van der Waals surface area (Å²) in [6.45, 7) is 6.11. The average molecular weight is 176 g/mol. The van der Waals surface area contributed by atoms with Crippen molar-refractivity contribution in [3.8, 4) is 0 Å². The van der Waals surface area contributed by atoms with Crippen LogP contribution in [0.3, 0.4) is 0 Å². The van der Waals surface area contributed by atoms with Crippen molar-refractivity contribution in [3.05, 3.63) is 23.8 Å². The van der Waals surface area contributed by atoms with Crippen LogP contribution in [-0.2, 0) is 4.79 Å². The summed E-state index contributed by atoms with van der Waals surface area (Å²) in [5, 5.41) is 0. The van der Waals surface area contributed by atoms with Gasteiger partial charge in [-0.3, -0.25) is 4.79 Å². The number of hydrogen-bond acceptors (Lipinski definition) is 1. The molecule has 0 N–H and O–H groups in total. The van der Waals surface area contributed by atoms with E-state index in [2.05, 4.69) is 13.5 Å². The fourth-order valence-corrected chi connectivity index (χ4v) is 2.52. The van der Waals surface area contributed by atoms with Crippen molar-refractivity contribution in [3.63, 3.8) is 0 Å². The van der Waals surface area contributed by atoms with Gasteiger partial charge in [0.2, 0.25) is 0 Å². The van der Waals surface area contributed by atoms with Crippen molar-refractivity contribution < 1.29 is 4.79 Å². The highest BCUT2D eigenvalue weighted by atomic mass is 16.1. The van der Waals surface area contributed by atoms with Gasteiger partial charge in [0.15, 0.2) is 5.78 Å². The first-order valence-electron chi connectivity index (χ1n) is 5.05. The predicted molar refractivity (Wildman–Crippen MR) is 53.4 cm³/mol. The van der Waals surface area contributed by atoms with E-state index in [0.717, 1.165) is 19.3 Å². The minimum atomic E-state index is 0.336.